The van der Waals surface area contributed by atoms with Crippen LogP contribution in [0.4, 0.5) is 17.1 Å². The molecular weight excluding hydrogens is 609 g/mol. The van der Waals surface area contributed by atoms with Crippen molar-refractivity contribution in [2.75, 3.05) is 16.8 Å². The van der Waals surface area contributed by atoms with Crippen LogP contribution >= 0.6 is 22.7 Å². The third-order valence-electron chi connectivity index (χ3n) is 9.48. The first-order valence-electron chi connectivity index (χ1n) is 16.0. The molecule has 4 heteroatoms. The van der Waals surface area contributed by atoms with Crippen molar-refractivity contribution in [1.29, 1.82) is 0 Å². The second-order valence-corrected chi connectivity index (χ2v) is 14.3. The van der Waals surface area contributed by atoms with E-state index in [-0.39, 0.29) is 0 Å². The highest BCUT2D eigenvalue weighted by Crippen LogP contribution is 2.46. The lowest BCUT2D eigenvalue weighted by molar-refractivity contribution is 1.10. The molecule has 7 aromatic carbocycles. The molecule has 0 saturated heterocycles. The Morgan fingerprint density at radius 3 is 2.02 bits per heavy atom. The van der Waals surface area contributed by atoms with Crippen molar-refractivity contribution in [2.24, 2.45) is 0 Å². The highest BCUT2D eigenvalue weighted by atomic mass is 32.1. The zero-order valence-electron chi connectivity index (χ0n) is 25.4. The van der Waals surface area contributed by atoms with Gasteiger partial charge in [0.1, 0.15) is 0 Å². The number of hydrogen-bond acceptors (Lipinski definition) is 4. The van der Waals surface area contributed by atoms with E-state index in [9.17, 15) is 0 Å². The van der Waals surface area contributed by atoms with Gasteiger partial charge in [-0.1, -0.05) is 109 Å². The number of fused-ring (bicyclic) bond motifs is 9. The molecule has 9 aromatic rings. The molecular formula is C43H28N2S2. The van der Waals surface area contributed by atoms with Crippen LogP contribution in [0.5, 0.6) is 0 Å². The number of nitrogens with zero attached hydrogens (tertiary/aromatic N) is 1. The Morgan fingerprint density at radius 2 is 1.17 bits per heavy atom. The van der Waals surface area contributed by atoms with Crippen LogP contribution in [-0.2, 0) is 0 Å². The fraction of sp³-hybridized carbons (Fsp3) is 0.0233. The minimum atomic E-state index is 0.745. The summed E-state index contributed by atoms with van der Waals surface area (Å²) in [6.45, 7) is 0.745. The lowest BCUT2D eigenvalue weighted by atomic mass is 9.97. The molecule has 0 aliphatic carbocycles. The molecule has 47 heavy (non-hydrogen) atoms. The minimum Gasteiger partial charge on any atom is -0.378 e. The molecule has 0 fully saturated rings. The third kappa shape index (κ3) is 4.30. The van der Waals surface area contributed by atoms with Crippen molar-refractivity contribution < 1.29 is 0 Å². The van der Waals surface area contributed by atoms with Gasteiger partial charge in [-0.2, -0.15) is 0 Å². The monoisotopic (exact) mass is 636 g/mol. The SMILES string of the molecule is C1=C(N(c2ccc(-c3ccc4ccc5ccccc5c4c3)cc2)c2cccc3c2sc2ccccc23)CNc2c1sc1ccccc21. The number of rotatable bonds is 4. The first-order chi connectivity index (χ1) is 23.3. The maximum atomic E-state index is 3.80. The topological polar surface area (TPSA) is 15.3 Å². The summed E-state index contributed by atoms with van der Waals surface area (Å²) in [5.41, 5.74) is 7.29. The van der Waals surface area contributed by atoms with E-state index in [1.54, 1.807) is 0 Å². The van der Waals surface area contributed by atoms with E-state index in [1.807, 2.05) is 22.7 Å². The molecule has 2 nitrogen and oxygen atoms in total. The van der Waals surface area contributed by atoms with Crippen molar-refractivity contribution in [3.05, 3.63) is 156 Å². The maximum absolute atomic E-state index is 3.80. The summed E-state index contributed by atoms with van der Waals surface area (Å²) in [6.07, 6.45) is 2.39. The number of thiophene rings is 2. The predicted molar refractivity (Wildman–Crippen MR) is 207 cm³/mol. The number of nitrogens with one attached hydrogen (secondary N) is 1. The Balaban J connectivity index is 1.13. The summed E-state index contributed by atoms with van der Waals surface area (Å²) in [7, 11) is 0. The summed E-state index contributed by atoms with van der Waals surface area (Å²) < 4.78 is 3.94. The quantitative estimate of drug-likeness (QED) is 0.193. The fourth-order valence-electron chi connectivity index (χ4n) is 7.23. The molecule has 0 radical (unpaired) electrons. The molecule has 1 N–H and O–H groups in total. The Bertz CT molecular complexity index is 2690. The first-order valence-corrected chi connectivity index (χ1v) is 17.6. The van der Waals surface area contributed by atoms with E-state index >= 15 is 0 Å². The first kappa shape index (κ1) is 26.8. The van der Waals surface area contributed by atoms with Crippen LogP contribution in [0, 0.1) is 0 Å². The lowest BCUT2D eigenvalue weighted by Crippen LogP contribution is -2.24. The Kier molecular flexibility index (Phi) is 6.01. The van der Waals surface area contributed by atoms with Gasteiger partial charge in [0.05, 0.1) is 27.5 Å². The smallest absolute Gasteiger partial charge is 0.0637 e. The van der Waals surface area contributed by atoms with Gasteiger partial charge in [-0.05, 0) is 75.1 Å². The normalized spacial score (nSPS) is 12.9. The standard InChI is InChI=1S/C43H28N2S2/c1-2-9-33-28(8-1)16-17-29-18-19-30(24-37(29)33)27-20-22-31(23-21-27)45(32-25-41-42(44-26-32)36-11-4-6-15-40(36)46-41)38-13-7-12-35-34-10-3-5-14-39(34)47-43(35)38/h1-25,44H,26H2. The van der Waals surface area contributed by atoms with Gasteiger partial charge < -0.3 is 10.2 Å². The molecule has 2 aromatic heterocycles. The summed E-state index contributed by atoms with van der Waals surface area (Å²) in [5.74, 6) is 0. The van der Waals surface area contributed by atoms with E-state index in [2.05, 4.69) is 162 Å². The van der Waals surface area contributed by atoms with Crippen LogP contribution in [0.15, 0.2) is 151 Å². The molecule has 0 amide bonds. The molecule has 1 aliphatic heterocycles. The van der Waals surface area contributed by atoms with Crippen molar-refractivity contribution in [1.82, 2.24) is 0 Å². The van der Waals surface area contributed by atoms with Gasteiger partial charge in [0.25, 0.3) is 0 Å². The van der Waals surface area contributed by atoms with Crippen molar-refractivity contribution in [2.45, 2.75) is 0 Å². The van der Waals surface area contributed by atoms with Crippen LogP contribution < -0.4 is 10.2 Å². The number of anilines is 3. The van der Waals surface area contributed by atoms with Crippen molar-refractivity contribution >= 4 is 97.6 Å². The van der Waals surface area contributed by atoms with Gasteiger partial charge in [0.15, 0.2) is 0 Å². The third-order valence-corrected chi connectivity index (χ3v) is 11.8. The summed E-state index contributed by atoms with van der Waals surface area (Å²) in [4.78, 5) is 3.75. The van der Waals surface area contributed by atoms with Gasteiger partial charge in [-0.25, -0.2) is 0 Å². The van der Waals surface area contributed by atoms with Gasteiger partial charge >= 0.3 is 0 Å². The summed E-state index contributed by atoms with van der Waals surface area (Å²) in [6, 6.07) is 53.3. The predicted octanol–water partition coefficient (Wildman–Crippen LogP) is 12.8. The number of benzene rings is 7. The second-order valence-electron chi connectivity index (χ2n) is 12.2. The molecule has 0 saturated carbocycles. The van der Waals surface area contributed by atoms with Crippen LogP contribution in [0.2, 0.25) is 0 Å². The average molecular weight is 637 g/mol. The zero-order chi connectivity index (χ0) is 30.9. The molecule has 3 heterocycles. The van der Waals surface area contributed by atoms with E-state index in [0.717, 1.165) is 12.2 Å². The zero-order valence-corrected chi connectivity index (χ0v) is 27.0. The van der Waals surface area contributed by atoms with E-state index in [0.29, 0.717) is 0 Å². The molecule has 0 unspecified atom stereocenters. The maximum Gasteiger partial charge on any atom is 0.0637 e. The minimum absolute atomic E-state index is 0.745. The van der Waals surface area contributed by atoms with Crippen LogP contribution in [0.1, 0.15) is 4.88 Å². The highest BCUT2D eigenvalue weighted by Gasteiger charge is 2.24. The largest absolute Gasteiger partial charge is 0.378 e. The Labute approximate surface area is 280 Å². The van der Waals surface area contributed by atoms with Gasteiger partial charge in [-0.15, -0.1) is 22.7 Å². The Morgan fingerprint density at radius 1 is 0.511 bits per heavy atom. The van der Waals surface area contributed by atoms with E-state index in [4.69, 9.17) is 0 Å². The van der Waals surface area contributed by atoms with Gasteiger partial charge in [0, 0.05) is 36.9 Å². The van der Waals surface area contributed by atoms with Gasteiger partial charge in [-0.3, -0.25) is 0 Å². The fourth-order valence-corrected chi connectivity index (χ4v) is 9.57. The lowest BCUT2D eigenvalue weighted by Gasteiger charge is -2.31. The summed E-state index contributed by atoms with van der Waals surface area (Å²) in [5, 5.41) is 12.9. The highest BCUT2D eigenvalue weighted by molar-refractivity contribution is 7.26. The van der Waals surface area contributed by atoms with Crippen LogP contribution in [0.3, 0.4) is 0 Å². The number of hydrogen-bond donors (Lipinski definition) is 1. The average Bonchev–Trinajstić information content (AvgIpc) is 3.70. The molecule has 1 aliphatic rings. The van der Waals surface area contributed by atoms with Crippen LogP contribution in [-0.4, -0.2) is 6.54 Å². The van der Waals surface area contributed by atoms with E-state index in [1.165, 1.54) is 84.9 Å². The molecule has 0 bridgehead atoms. The molecule has 222 valence electrons. The van der Waals surface area contributed by atoms with Crippen molar-refractivity contribution in [3.8, 4) is 11.1 Å². The van der Waals surface area contributed by atoms with Crippen LogP contribution in [0.25, 0.3) is 69.0 Å². The van der Waals surface area contributed by atoms with E-state index < -0.39 is 0 Å². The molecule has 10 rings (SSSR count). The molecule has 0 spiro atoms. The summed E-state index contributed by atoms with van der Waals surface area (Å²) >= 11 is 3.74. The molecule has 0 atom stereocenters. The van der Waals surface area contributed by atoms with Crippen molar-refractivity contribution in [3.63, 3.8) is 0 Å². The van der Waals surface area contributed by atoms with Gasteiger partial charge in [0.2, 0.25) is 0 Å². The Hall–Kier alpha value is -5.42. The second kappa shape index (κ2) is 10.6.